The summed E-state index contributed by atoms with van der Waals surface area (Å²) in [5, 5.41) is 0. The number of aromatic amines is 1. The largest absolute Gasteiger partial charge is 0.364 e. The third kappa shape index (κ3) is 3.22. The summed E-state index contributed by atoms with van der Waals surface area (Å²) in [5.41, 5.74) is 4.63. The lowest BCUT2D eigenvalue weighted by molar-refractivity contribution is 0.471. The molecule has 0 saturated carbocycles. The van der Waals surface area contributed by atoms with E-state index in [4.69, 9.17) is 0 Å². The van der Waals surface area contributed by atoms with Crippen molar-refractivity contribution >= 4 is 17.6 Å². The summed E-state index contributed by atoms with van der Waals surface area (Å²) in [5.74, 6) is 0. The highest BCUT2D eigenvalue weighted by Crippen LogP contribution is 2.29. The number of fused-ring (bicyclic) bond motifs is 1. The number of alkyl halides is 1. The maximum atomic E-state index is 12.6. The van der Waals surface area contributed by atoms with Crippen LogP contribution in [0.2, 0.25) is 0 Å². The molecule has 0 aliphatic carbocycles. The van der Waals surface area contributed by atoms with Crippen LogP contribution in [0.3, 0.4) is 0 Å². The van der Waals surface area contributed by atoms with Crippen LogP contribution < -0.4 is 4.90 Å². The molecule has 0 spiro atoms. The molecule has 2 heterocycles. The molecule has 21 heavy (non-hydrogen) atoms. The Kier molecular flexibility index (Phi) is 4.45. The first kappa shape index (κ1) is 14.4. The van der Waals surface area contributed by atoms with Gasteiger partial charge in [0, 0.05) is 31.0 Å². The molecule has 112 valence electrons. The fourth-order valence-corrected chi connectivity index (χ4v) is 3.22. The van der Waals surface area contributed by atoms with E-state index in [0.717, 1.165) is 37.6 Å². The highest BCUT2D eigenvalue weighted by atomic mass is 32.2. The molecule has 0 amide bonds. The Morgan fingerprint density at radius 3 is 2.95 bits per heavy atom. The number of rotatable bonds is 4. The zero-order valence-corrected chi connectivity index (χ0v) is 12.9. The average Bonchev–Trinajstić information content (AvgIpc) is 2.80. The molecule has 1 N–H and O–H groups in total. The van der Waals surface area contributed by atoms with Gasteiger partial charge in [0.2, 0.25) is 0 Å². The number of halogens is 1. The van der Waals surface area contributed by atoms with Gasteiger partial charge in [0.25, 0.3) is 0 Å². The summed E-state index contributed by atoms with van der Waals surface area (Å²) in [6.07, 6.45) is 1.74. The van der Waals surface area contributed by atoms with Gasteiger partial charge in [0.15, 0.2) is 0 Å². The lowest BCUT2D eigenvalue weighted by atomic mass is 10.1. The van der Waals surface area contributed by atoms with Gasteiger partial charge >= 0.3 is 0 Å². The number of benzene rings is 1. The number of imidazole rings is 1. The number of aryl methyl sites for hydroxylation is 1. The minimum atomic E-state index is -0.374. The highest BCUT2D eigenvalue weighted by Gasteiger charge is 2.20. The minimum Gasteiger partial charge on any atom is -0.364 e. The van der Waals surface area contributed by atoms with Crippen molar-refractivity contribution in [3.05, 3.63) is 47.5 Å². The van der Waals surface area contributed by atoms with Gasteiger partial charge in [0.1, 0.15) is 6.01 Å². The van der Waals surface area contributed by atoms with Crippen molar-refractivity contribution in [1.29, 1.82) is 0 Å². The normalized spacial score (nSPS) is 15.8. The number of nitrogens with zero attached hydrogens (tertiary/aromatic N) is 3. The number of hydrogen-bond donors (Lipinski definition) is 1. The molecular formula is C15H19FN4S. The highest BCUT2D eigenvalue weighted by molar-refractivity contribution is 7.96. The molecule has 2 aromatic rings. The number of H-pyrrole nitrogens is 1. The zero-order chi connectivity index (χ0) is 14.7. The van der Waals surface area contributed by atoms with Crippen LogP contribution in [0.4, 0.5) is 10.1 Å². The molecule has 0 atom stereocenters. The molecule has 1 aromatic carbocycles. The number of hydrogen-bond acceptors (Lipinski definition) is 4. The molecule has 4 nitrogen and oxygen atoms in total. The smallest absolute Gasteiger partial charge is 0.149 e. The lowest BCUT2D eigenvalue weighted by Crippen LogP contribution is -2.29. The number of para-hydroxylation sites is 1. The molecule has 0 bridgehead atoms. The Hall–Kier alpha value is -1.53. The summed E-state index contributed by atoms with van der Waals surface area (Å²) in [6, 6.07) is 7.99. The van der Waals surface area contributed by atoms with Crippen molar-refractivity contribution in [3.63, 3.8) is 0 Å². The van der Waals surface area contributed by atoms with Crippen molar-refractivity contribution in [2.24, 2.45) is 0 Å². The van der Waals surface area contributed by atoms with Crippen LogP contribution in [0, 0.1) is 6.92 Å². The van der Waals surface area contributed by atoms with Crippen LogP contribution in [0.5, 0.6) is 0 Å². The zero-order valence-electron chi connectivity index (χ0n) is 12.1. The second kappa shape index (κ2) is 6.49. The van der Waals surface area contributed by atoms with Crippen LogP contribution in [-0.4, -0.2) is 33.4 Å². The van der Waals surface area contributed by atoms with Gasteiger partial charge in [-0.15, -0.1) is 0 Å². The molecule has 1 aromatic heterocycles. The summed E-state index contributed by atoms with van der Waals surface area (Å²) in [7, 11) is 0. The fourth-order valence-electron chi connectivity index (χ4n) is 2.65. The summed E-state index contributed by atoms with van der Waals surface area (Å²) >= 11 is 1.26. The molecule has 6 heteroatoms. The monoisotopic (exact) mass is 306 g/mol. The molecule has 3 rings (SSSR count). The quantitative estimate of drug-likeness (QED) is 0.880. The van der Waals surface area contributed by atoms with Crippen LogP contribution in [-0.2, 0) is 13.1 Å². The van der Waals surface area contributed by atoms with Crippen molar-refractivity contribution in [2.45, 2.75) is 20.0 Å². The van der Waals surface area contributed by atoms with Crippen molar-refractivity contribution < 1.29 is 4.39 Å². The molecule has 1 aliphatic heterocycles. The van der Waals surface area contributed by atoms with Gasteiger partial charge in [-0.25, -0.2) is 13.7 Å². The third-order valence-electron chi connectivity index (χ3n) is 3.80. The van der Waals surface area contributed by atoms with Gasteiger partial charge < -0.3 is 9.88 Å². The van der Waals surface area contributed by atoms with Crippen LogP contribution in [0.25, 0.3) is 0 Å². The van der Waals surface area contributed by atoms with Crippen molar-refractivity contribution in [1.82, 2.24) is 14.3 Å². The van der Waals surface area contributed by atoms with E-state index in [-0.39, 0.29) is 6.01 Å². The van der Waals surface area contributed by atoms with Gasteiger partial charge in [-0.3, -0.25) is 0 Å². The maximum Gasteiger partial charge on any atom is 0.149 e. The Bertz CT molecular complexity index is 601. The Morgan fingerprint density at radius 2 is 2.19 bits per heavy atom. The van der Waals surface area contributed by atoms with E-state index in [9.17, 15) is 4.39 Å². The molecule has 0 fully saturated rings. The van der Waals surface area contributed by atoms with Crippen LogP contribution in [0.15, 0.2) is 30.6 Å². The number of anilines is 1. The van der Waals surface area contributed by atoms with E-state index in [1.165, 1.54) is 23.2 Å². The van der Waals surface area contributed by atoms with E-state index >= 15 is 0 Å². The second-order valence-corrected chi connectivity index (χ2v) is 6.12. The topological polar surface area (TPSA) is 35.2 Å². The molecular weight excluding hydrogens is 287 g/mol. The fraction of sp³-hybridized carbons (Fsp3) is 0.400. The van der Waals surface area contributed by atoms with E-state index in [0.29, 0.717) is 0 Å². The minimum absolute atomic E-state index is 0.374. The maximum absolute atomic E-state index is 12.6. The van der Waals surface area contributed by atoms with Gasteiger partial charge in [0.05, 0.1) is 18.6 Å². The number of aromatic nitrogens is 2. The van der Waals surface area contributed by atoms with E-state index in [1.807, 2.05) is 13.0 Å². The van der Waals surface area contributed by atoms with Gasteiger partial charge in [-0.1, -0.05) is 18.2 Å². The predicted octanol–water partition coefficient (Wildman–Crippen LogP) is 3.12. The Balaban J connectivity index is 1.86. The summed E-state index contributed by atoms with van der Waals surface area (Å²) in [6.45, 7) is 5.31. The van der Waals surface area contributed by atoms with E-state index < -0.39 is 0 Å². The molecule has 0 radical (unpaired) electrons. The van der Waals surface area contributed by atoms with Crippen molar-refractivity contribution in [2.75, 3.05) is 24.0 Å². The first-order chi connectivity index (χ1) is 10.3. The first-order valence-electron chi connectivity index (χ1n) is 7.03. The molecule has 0 saturated heterocycles. The predicted molar refractivity (Wildman–Crippen MR) is 84.8 cm³/mol. The van der Waals surface area contributed by atoms with Crippen LogP contribution >= 0.6 is 11.9 Å². The van der Waals surface area contributed by atoms with Gasteiger partial charge in [-0.2, -0.15) is 0 Å². The van der Waals surface area contributed by atoms with Crippen molar-refractivity contribution in [3.8, 4) is 0 Å². The third-order valence-corrected chi connectivity index (χ3v) is 4.58. The molecule has 1 aliphatic rings. The number of nitrogens with one attached hydrogen (secondary N) is 1. The van der Waals surface area contributed by atoms with E-state index in [1.54, 1.807) is 6.33 Å². The summed E-state index contributed by atoms with van der Waals surface area (Å²) in [4.78, 5) is 9.85. The van der Waals surface area contributed by atoms with Gasteiger partial charge in [-0.05, 0) is 30.5 Å². The standard InChI is InChI=1S/C15H19FN4S/c1-12-14(18-11-17-12)9-19-6-7-20(21-10-16)8-13-4-2-3-5-15(13)19/h2-5,11H,6-10H2,1H3,(H,17,18). The van der Waals surface area contributed by atoms with E-state index in [2.05, 4.69) is 37.4 Å². The summed E-state index contributed by atoms with van der Waals surface area (Å²) < 4.78 is 14.7. The first-order valence-corrected chi connectivity index (χ1v) is 7.97. The average molecular weight is 306 g/mol. The Morgan fingerprint density at radius 1 is 1.33 bits per heavy atom. The SMILES string of the molecule is Cc1[nH]cnc1CN1CCN(SCF)Cc2ccccc21. The Labute approximate surface area is 128 Å². The lowest BCUT2D eigenvalue weighted by Gasteiger charge is -2.24. The van der Waals surface area contributed by atoms with Crippen LogP contribution in [0.1, 0.15) is 17.0 Å². The molecule has 0 unspecified atom stereocenters. The second-order valence-electron chi connectivity index (χ2n) is 5.13.